The van der Waals surface area contributed by atoms with E-state index < -0.39 is 0 Å². The molecular weight excluding hydrogens is 200 g/mol. The average Bonchev–Trinajstić information content (AvgIpc) is 2.70. The zero-order chi connectivity index (χ0) is 11.4. The second-order valence-corrected chi connectivity index (χ2v) is 4.34. The maximum Gasteiger partial charge on any atom is 0.0704 e. The van der Waals surface area contributed by atoms with E-state index in [4.69, 9.17) is 5.90 Å². The molecule has 2 aromatic rings. The highest BCUT2D eigenvalue weighted by Crippen LogP contribution is 2.20. The van der Waals surface area contributed by atoms with E-state index in [2.05, 4.69) is 41.1 Å². The van der Waals surface area contributed by atoms with Crippen LogP contribution in [0.4, 0.5) is 0 Å². The molecule has 0 amide bonds. The van der Waals surface area contributed by atoms with Crippen LogP contribution in [0.15, 0.2) is 30.5 Å². The number of benzene rings is 1. The molecule has 0 bridgehead atoms. The van der Waals surface area contributed by atoms with Crippen molar-refractivity contribution in [2.75, 3.05) is 6.61 Å². The summed E-state index contributed by atoms with van der Waals surface area (Å²) < 4.78 is 0. The van der Waals surface area contributed by atoms with Crippen molar-refractivity contribution >= 4 is 10.9 Å². The lowest BCUT2D eigenvalue weighted by Crippen LogP contribution is -2.10. The second-order valence-electron chi connectivity index (χ2n) is 4.34. The number of aryl methyl sites for hydroxylation is 1. The van der Waals surface area contributed by atoms with Gasteiger partial charge in [-0.25, -0.2) is 5.90 Å². The summed E-state index contributed by atoms with van der Waals surface area (Å²) in [7, 11) is 0. The number of aromatic amines is 1. The molecule has 3 N–H and O–H groups in total. The molecule has 0 aliphatic heterocycles. The molecular formula is C13H18N2O. The Balaban J connectivity index is 2.04. The first-order valence-electron chi connectivity index (χ1n) is 5.68. The zero-order valence-electron chi connectivity index (χ0n) is 9.57. The van der Waals surface area contributed by atoms with Crippen LogP contribution in [-0.2, 0) is 11.3 Å². The number of hydrogen-bond acceptors (Lipinski definition) is 2. The van der Waals surface area contributed by atoms with Crippen molar-refractivity contribution in [1.29, 1.82) is 0 Å². The Morgan fingerprint density at radius 3 is 3.00 bits per heavy atom. The number of para-hydroxylation sites is 1. The highest BCUT2D eigenvalue weighted by Gasteiger charge is 2.06. The molecule has 16 heavy (non-hydrogen) atoms. The molecule has 3 heteroatoms. The van der Waals surface area contributed by atoms with Gasteiger partial charge in [-0.1, -0.05) is 25.1 Å². The number of nitrogens with two attached hydrogens (primary N) is 1. The molecule has 0 aliphatic rings. The van der Waals surface area contributed by atoms with Gasteiger partial charge in [0.2, 0.25) is 0 Å². The lowest BCUT2D eigenvalue weighted by Gasteiger charge is -2.08. The highest BCUT2D eigenvalue weighted by atomic mass is 16.6. The Kier molecular flexibility index (Phi) is 3.59. The zero-order valence-corrected chi connectivity index (χ0v) is 9.57. The third-order valence-corrected chi connectivity index (χ3v) is 2.96. The van der Waals surface area contributed by atoms with Crippen LogP contribution in [0.5, 0.6) is 0 Å². The predicted molar refractivity (Wildman–Crippen MR) is 65.9 cm³/mol. The van der Waals surface area contributed by atoms with Gasteiger partial charge in [-0.3, -0.25) is 0 Å². The van der Waals surface area contributed by atoms with Crippen molar-refractivity contribution in [1.82, 2.24) is 4.98 Å². The maximum atomic E-state index is 5.06. The third kappa shape index (κ3) is 2.43. The molecule has 0 spiro atoms. The first kappa shape index (κ1) is 11.2. The number of fused-ring (bicyclic) bond motifs is 1. The van der Waals surface area contributed by atoms with Gasteiger partial charge < -0.3 is 9.82 Å². The molecule has 2 rings (SSSR count). The van der Waals surface area contributed by atoms with E-state index in [1.54, 1.807) is 0 Å². The van der Waals surface area contributed by atoms with Crippen molar-refractivity contribution in [3.63, 3.8) is 0 Å². The van der Waals surface area contributed by atoms with Crippen LogP contribution in [0.25, 0.3) is 10.9 Å². The fourth-order valence-electron chi connectivity index (χ4n) is 1.99. The molecule has 0 aliphatic carbocycles. The van der Waals surface area contributed by atoms with Crippen LogP contribution in [0, 0.1) is 5.92 Å². The molecule has 0 fully saturated rings. The van der Waals surface area contributed by atoms with Gasteiger partial charge in [-0.05, 0) is 30.4 Å². The maximum absolute atomic E-state index is 5.06. The van der Waals surface area contributed by atoms with E-state index >= 15 is 0 Å². The van der Waals surface area contributed by atoms with Crippen LogP contribution < -0.4 is 5.90 Å². The summed E-state index contributed by atoms with van der Waals surface area (Å²) in [5.41, 5.74) is 2.58. The topological polar surface area (TPSA) is 51.0 Å². The van der Waals surface area contributed by atoms with E-state index in [0.717, 1.165) is 12.8 Å². The van der Waals surface area contributed by atoms with Gasteiger partial charge in [-0.2, -0.15) is 0 Å². The summed E-state index contributed by atoms with van der Waals surface area (Å²) in [6, 6.07) is 8.39. The fraction of sp³-hybridized carbons (Fsp3) is 0.385. The van der Waals surface area contributed by atoms with Crippen LogP contribution in [0.1, 0.15) is 18.9 Å². The smallest absolute Gasteiger partial charge is 0.0704 e. The lowest BCUT2D eigenvalue weighted by molar-refractivity contribution is 0.104. The molecule has 1 aromatic heterocycles. The summed E-state index contributed by atoms with van der Waals surface area (Å²) in [6.07, 6.45) is 4.26. The summed E-state index contributed by atoms with van der Waals surface area (Å²) in [5, 5.41) is 1.32. The van der Waals surface area contributed by atoms with E-state index in [-0.39, 0.29) is 0 Å². The minimum atomic E-state index is 0.499. The number of nitrogens with one attached hydrogen (secondary N) is 1. The first-order chi connectivity index (χ1) is 7.81. The molecule has 1 aromatic carbocycles. The molecule has 1 unspecified atom stereocenters. The Labute approximate surface area is 95.6 Å². The van der Waals surface area contributed by atoms with Gasteiger partial charge in [0, 0.05) is 17.1 Å². The number of aromatic nitrogens is 1. The quantitative estimate of drug-likeness (QED) is 0.758. The van der Waals surface area contributed by atoms with Crippen molar-refractivity contribution < 1.29 is 4.84 Å². The van der Waals surface area contributed by atoms with Gasteiger partial charge in [-0.15, -0.1) is 0 Å². The van der Waals surface area contributed by atoms with Crippen molar-refractivity contribution in [2.24, 2.45) is 11.8 Å². The van der Waals surface area contributed by atoms with Crippen LogP contribution in [-0.4, -0.2) is 11.6 Å². The lowest BCUT2D eigenvalue weighted by atomic mass is 10.0. The molecule has 0 saturated heterocycles. The number of H-pyrrole nitrogens is 1. The Hall–Kier alpha value is -1.32. The van der Waals surface area contributed by atoms with E-state index in [9.17, 15) is 0 Å². The van der Waals surface area contributed by atoms with Crippen LogP contribution in [0.2, 0.25) is 0 Å². The van der Waals surface area contributed by atoms with Gasteiger partial charge in [0.25, 0.3) is 0 Å². The SMILES string of the molecule is CC(CCc1c[nH]c2ccccc12)CON. The van der Waals surface area contributed by atoms with Crippen LogP contribution in [0.3, 0.4) is 0 Å². The minimum Gasteiger partial charge on any atom is -0.361 e. The molecule has 3 nitrogen and oxygen atoms in total. The molecule has 0 saturated carbocycles. The van der Waals surface area contributed by atoms with Gasteiger partial charge >= 0.3 is 0 Å². The summed E-state index contributed by atoms with van der Waals surface area (Å²) in [6.45, 7) is 2.78. The highest BCUT2D eigenvalue weighted by molar-refractivity contribution is 5.82. The summed E-state index contributed by atoms with van der Waals surface area (Å²) in [4.78, 5) is 7.94. The summed E-state index contributed by atoms with van der Waals surface area (Å²) >= 11 is 0. The first-order valence-corrected chi connectivity index (χ1v) is 5.68. The fourth-order valence-corrected chi connectivity index (χ4v) is 1.99. The third-order valence-electron chi connectivity index (χ3n) is 2.96. The van der Waals surface area contributed by atoms with Gasteiger partial charge in [0.15, 0.2) is 0 Å². The Bertz CT molecular complexity index is 450. The molecule has 0 radical (unpaired) electrons. The largest absolute Gasteiger partial charge is 0.361 e. The Morgan fingerprint density at radius 2 is 2.19 bits per heavy atom. The molecule has 1 heterocycles. The second kappa shape index (κ2) is 5.14. The van der Waals surface area contributed by atoms with Gasteiger partial charge in [0.1, 0.15) is 0 Å². The van der Waals surface area contributed by atoms with Crippen LogP contribution >= 0.6 is 0 Å². The van der Waals surface area contributed by atoms with E-state index in [1.165, 1.54) is 16.5 Å². The average molecular weight is 218 g/mol. The van der Waals surface area contributed by atoms with Crippen molar-refractivity contribution in [2.45, 2.75) is 19.8 Å². The Morgan fingerprint density at radius 1 is 1.38 bits per heavy atom. The van der Waals surface area contributed by atoms with Crippen molar-refractivity contribution in [3.05, 3.63) is 36.0 Å². The predicted octanol–water partition coefficient (Wildman–Crippen LogP) is 2.63. The van der Waals surface area contributed by atoms with Crippen molar-refractivity contribution in [3.8, 4) is 0 Å². The normalized spacial score (nSPS) is 13.1. The monoisotopic (exact) mass is 218 g/mol. The minimum absolute atomic E-state index is 0.499. The molecule has 1 atom stereocenters. The van der Waals surface area contributed by atoms with E-state index in [1.807, 2.05) is 6.07 Å². The number of rotatable bonds is 5. The molecule has 86 valence electrons. The summed E-state index contributed by atoms with van der Waals surface area (Å²) in [5.74, 6) is 5.56. The standard InChI is InChI=1S/C13H18N2O/c1-10(9-16-14)6-7-11-8-15-13-5-3-2-4-12(11)13/h2-5,8,10,15H,6-7,9,14H2,1H3. The number of hydrogen-bond donors (Lipinski definition) is 2. The van der Waals surface area contributed by atoms with E-state index in [0.29, 0.717) is 12.5 Å². The van der Waals surface area contributed by atoms with Gasteiger partial charge in [0.05, 0.1) is 6.61 Å².